The number of hydrogen-bond donors (Lipinski definition) is 2. The first kappa shape index (κ1) is 16.0. The summed E-state index contributed by atoms with van der Waals surface area (Å²) in [6.45, 7) is 0.341. The predicted octanol–water partition coefficient (Wildman–Crippen LogP) is 2.53. The van der Waals surface area contributed by atoms with E-state index in [4.69, 9.17) is 16.3 Å². The zero-order valence-corrected chi connectivity index (χ0v) is 12.5. The highest BCUT2D eigenvalue weighted by atomic mass is 35.5. The third kappa shape index (κ3) is 4.32. The van der Waals surface area contributed by atoms with Crippen LogP contribution in [0.2, 0.25) is 5.02 Å². The zero-order valence-electron chi connectivity index (χ0n) is 11.7. The van der Waals surface area contributed by atoms with E-state index >= 15 is 0 Å². The van der Waals surface area contributed by atoms with Crippen molar-refractivity contribution in [2.24, 2.45) is 5.41 Å². The lowest BCUT2D eigenvalue weighted by Gasteiger charge is -2.26. The fraction of sp³-hybridized carbons (Fsp3) is 0.533. The summed E-state index contributed by atoms with van der Waals surface area (Å²) in [6.07, 6.45) is 4.01. The highest BCUT2D eigenvalue weighted by molar-refractivity contribution is 6.32. The second-order valence-corrected chi connectivity index (χ2v) is 5.91. The van der Waals surface area contributed by atoms with E-state index in [1.807, 2.05) is 0 Å². The van der Waals surface area contributed by atoms with Crippen molar-refractivity contribution >= 4 is 17.5 Å². The SMILES string of the molecule is O=C(COc1ccc(F)cc1Cl)NCC1(CO)CCCC1. The molecule has 2 rings (SSSR count). The Labute approximate surface area is 128 Å². The molecule has 0 aliphatic heterocycles. The molecule has 0 spiro atoms. The summed E-state index contributed by atoms with van der Waals surface area (Å²) in [5.74, 6) is -0.469. The van der Waals surface area contributed by atoms with Gasteiger partial charge >= 0.3 is 0 Å². The largest absolute Gasteiger partial charge is 0.482 e. The number of carbonyl (C=O) groups is 1. The minimum atomic E-state index is -0.456. The van der Waals surface area contributed by atoms with Crippen molar-refractivity contribution in [1.82, 2.24) is 5.32 Å². The number of benzene rings is 1. The van der Waals surface area contributed by atoms with Crippen molar-refractivity contribution in [3.8, 4) is 5.75 Å². The number of halogens is 2. The van der Waals surface area contributed by atoms with Crippen LogP contribution in [0.5, 0.6) is 5.75 Å². The van der Waals surface area contributed by atoms with Gasteiger partial charge in [-0.2, -0.15) is 0 Å². The van der Waals surface area contributed by atoms with E-state index in [-0.39, 0.29) is 35.3 Å². The standard InChI is InChI=1S/C15H19ClFNO3/c16-12-7-11(17)3-4-13(12)21-8-14(20)18-9-15(10-19)5-1-2-6-15/h3-4,7,19H,1-2,5-6,8-10H2,(H,18,20). The van der Waals surface area contributed by atoms with Gasteiger partial charge in [0.2, 0.25) is 0 Å². The Morgan fingerprint density at radius 3 is 2.76 bits per heavy atom. The Morgan fingerprint density at radius 2 is 2.14 bits per heavy atom. The van der Waals surface area contributed by atoms with Crippen molar-refractivity contribution in [2.75, 3.05) is 19.8 Å². The maximum absolute atomic E-state index is 12.9. The van der Waals surface area contributed by atoms with Gasteiger partial charge in [0.15, 0.2) is 6.61 Å². The Morgan fingerprint density at radius 1 is 1.43 bits per heavy atom. The molecule has 0 atom stereocenters. The van der Waals surface area contributed by atoms with E-state index < -0.39 is 5.82 Å². The van der Waals surface area contributed by atoms with Gasteiger partial charge < -0.3 is 15.2 Å². The monoisotopic (exact) mass is 315 g/mol. The van der Waals surface area contributed by atoms with E-state index in [0.29, 0.717) is 6.54 Å². The lowest BCUT2D eigenvalue weighted by atomic mass is 9.87. The van der Waals surface area contributed by atoms with E-state index in [9.17, 15) is 14.3 Å². The second kappa shape index (κ2) is 7.09. The lowest BCUT2D eigenvalue weighted by Crippen LogP contribution is -2.40. The Balaban J connectivity index is 1.79. The molecule has 1 fully saturated rings. The molecule has 2 N–H and O–H groups in total. The molecule has 0 saturated heterocycles. The number of aliphatic hydroxyl groups is 1. The van der Waals surface area contributed by atoms with Crippen molar-refractivity contribution in [2.45, 2.75) is 25.7 Å². The molecule has 1 aliphatic carbocycles. The van der Waals surface area contributed by atoms with Crippen molar-refractivity contribution in [3.63, 3.8) is 0 Å². The van der Waals surface area contributed by atoms with Crippen LogP contribution >= 0.6 is 11.6 Å². The zero-order chi connectivity index (χ0) is 15.3. The normalized spacial score (nSPS) is 16.7. The smallest absolute Gasteiger partial charge is 0.257 e. The van der Waals surface area contributed by atoms with Gasteiger partial charge in [0.1, 0.15) is 11.6 Å². The number of hydrogen-bond acceptors (Lipinski definition) is 3. The highest BCUT2D eigenvalue weighted by Crippen LogP contribution is 2.36. The fourth-order valence-electron chi connectivity index (χ4n) is 2.59. The van der Waals surface area contributed by atoms with E-state index in [1.165, 1.54) is 12.1 Å². The van der Waals surface area contributed by atoms with Gasteiger partial charge in [0.25, 0.3) is 5.91 Å². The third-order valence-corrected chi connectivity index (χ3v) is 4.21. The Kier molecular flexibility index (Phi) is 5.42. The molecule has 0 unspecified atom stereocenters. The van der Waals surface area contributed by atoms with E-state index in [2.05, 4.69) is 5.32 Å². The molecule has 4 nitrogen and oxygen atoms in total. The number of amides is 1. The second-order valence-electron chi connectivity index (χ2n) is 5.51. The first-order valence-electron chi connectivity index (χ1n) is 7.00. The van der Waals surface area contributed by atoms with Gasteiger partial charge in [0, 0.05) is 12.0 Å². The molecule has 0 aromatic heterocycles. The lowest BCUT2D eigenvalue weighted by molar-refractivity contribution is -0.123. The minimum Gasteiger partial charge on any atom is -0.482 e. The Hall–Kier alpha value is -1.33. The Bertz CT molecular complexity index is 504. The van der Waals surface area contributed by atoms with Crippen LogP contribution in [0.3, 0.4) is 0 Å². The average molecular weight is 316 g/mol. The third-order valence-electron chi connectivity index (χ3n) is 3.91. The number of carbonyl (C=O) groups excluding carboxylic acids is 1. The summed E-state index contributed by atoms with van der Waals surface area (Å²) in [6, 6.07) is 3.74. The molecule has 1 aliphatic rings. The van der Waals surface area contributed by atoms with Gasteiger partial charge in [-0.3, -0.25) is 4.79 Å². The van der Waals surface area contributed by atoms with Crippen LogP contribution in [0.15, 0.2) is 18.2 Å². The fourth-order valence-corrected chi connectivity index (χ4v) is 2.81. The summed E-state index contributed by atoms with van der Waals surface area (Å²) >= 11 is 5.81. The predicted molar refractivity (Wildman–Crippen MR) is 77.9 cm³/mol. The summed E-state index contributed by atoms with van der Waals surface area (Å²) in [5.41, 5.74) is -0.191. The minimum absolute atomic E-state index is 0.0813. The summed E-state index contributed by atoms with van der Waals surface area (Å²) < 4.78 is 18.1. The number of rotatable bonds is 6. The van der Waals surface area contributed by atoms with Gasteiger partial charge in [0.05, 0.1) is 11.6 Å². The van der Waals surface area contributed by atoms with Gasteiger partial charge in [-0.25, -0.2) is 4.39 Å². The molecule has 0 bridgehead atoms. The number of ether oxygens (including phenoxy) is 1. The van der Waals surface area contributed by atoms with Crippen molar-refractivity contribution < 1.29 is 19.0 Å². The van der Waals surface area contributed by atoms with Crippen LogP contribution in [0.4, 0.5) is 4.39 Å². The first-order valence-corrected chi connectivity index (χ1v) is 7.38. The van der Waals surface area contributed by atoms with Gasteiger partial charge in [-0.05, 0) is 31.0 Å². The molecular formula is C15H19ClFNO3. The molecular weight excluding hydrogens is 297 g/mol. The maximum atomic E-state index is 12.9. The molecule has 21 heavy (non-hydrogen) atoms. The summed E-state index contributed by atoms with van der Waals surface area (Å²) in [4.78, 5) is 11.8. The molecule has 1 amide bonds. The van der Waals surface area contributed by atoms with Crippen LogP contribution in [-0.2, 0) is 4.79 Å². The average Bonchev–Trinajstić information content (AvgIpc) is 2.94. The molecule has 0 heterocycles. The van der Waals surface area contributed by atoms with E-state index in [1.54, 1.807) is 0 Å². The first-order chi connectivity index (χ1) is 10.0. The van der Waals surface area contributed by atoms with Crippen LogP contribution < -0.4 is 10.1 Å². The maximum Gasteiger partial charge on any atom is 0.257 e. The quantitative estimate of drug-likeness (QED) is 0.848. The summed E-state index contributed by atoms with van der Waals surface area (Å²) in [7, 11) is 0. The molecule has 6 heteroatoms. The topological polar surface area (TPSA) is 58.6 Å². The van der Waals surface area contributed by atoms with Crippen LogP contribution in [0.25, 0.3) is 0 Å². The van der Waals surface area contributed by atoms with Crippen molar-refractivity contribution in [3.05, 3.63) is 29.0 Å². The molecule has 1 aromatic carbocycles. The van der Waals surface area contributed by atoms with Gasteiger partial charge in [-0.1, -0.05) is 24.4 Å². The molecule has 116 valence electrons. The van der Waals surface area contributed by atoms with Crippen LogP contribution in [-0.4, -0.2) is 30.8 Å². The number of nitrogens with one attached hydrogen (secondary N) is 1. The van der Waals surface area contributed by atoms with Crippen LogP contribution in [0.1, 0.15) is 25.7 Å². The summed E-state index contributed by atoms with van der Waals surface area (Å²) in [5, 5.41) is 12.4. The molecule has 1 aromatic rings. The van der Waals surface area contributed by atoms with Crippen LogP contribution in [0, 0.1) is 11.2 Å². The highest BCUT2D eigenvalue weighted by Gasteiger charge is 2.33. The van der Waals surface area contributed by atoms with E-state index in [0.717, 1.165) is 31.7 Å². The molecule has 1 saturated carbocycles. The molecule has 0 radical (unpaired) electrons. The van der Waals surface area contributed by atoms with Gasteiger partial charge in [-0.15, -0.1) is 0 Å². The number of aliphatic hydroxyl groups excluding tert-OH is 1. The van der Waals surface area contributed by atoms with Crippen molar-refractivity contribution in [1.29, 1.82) is 0 Å².